The molecule has 8 heteroatoms. The summed E-state index contributed by atoms with van der Waals surface area (Å²) >= 11 is 0. The van der Waals surface area contributed by atoms with E-state index in [1.54, 1.807) is 25.8 Å². The number of pyridine rings is 2. The summed E-state index contributed by atoms with van der Waals surface area (Å²) in [7, 11) is 1.64. The standard InChI is InChI=1S/C24H19N7O/c1-14-12-31(13-27-14)24-19-9-22(28-20(19)5-6-26-24)23-18-8-15(3-4-21(18)29-30-23)16-7-17(32-2)11-25-10-16/h3-13,28H,1-2H3,(H,29,30). The van der Waals surface area contributed by atoms with Gasteiger partial charge in [-0.2, -0.15) is 5.10 Å². The number of hydrogen-bond acceptors (Lipinski definition) is 5. The van der Waals surface area contributed by atoms with Crippen LogP contribution in [-0.4, -0.2) is 41.8 Å². The van der Waals surface area contributed by atoms with Crippen LogP contribution in [0, 0.1) is 6.92 Å². The third-order valence-corrected chi connectivity index (χ3v) is 5.58. The number of aryl methyl sites for hydroxylation is 1. The van der Waals surface area contributed by atoms with Crippen LogP contribution in [0.1, 0.15) is 5.69 Å². The number of imidazole rings is 1. The van der Waals surface area contributed by atoms with Gasteiger partial charge in [0.1, 0.15) is 23.6 Å². The normalized spacial score (nSPS) is 11.4. The molecule has 156 valence electrons. The van der Waals surface area contributed by atoms with Crippen LogP contribution in [0.15, 0.2) is 67.5 Å². The van der Waals surface area contributed by atoms with E-state index < -0.39 is 0 Å². The molecule has 1 aromatic carbocycles. The first kappa shape index (κ1) is 18.3. The van der Waals surface area contributed by atoms with Gasteiger partial charge < -0.3 is 9.72 Å². The first-order chi connectivity index (χ1) is 15.7. The Morgan fingerprint density at radius 1 is 0.938 bits per heavy atom. The molecule has 0 saturated carbocycles. The summed E-state index contributed by atoms with van der Waals surface area (Å²) < 4.78 is 7.26. The minimum Gasteiger partial charge on any atom is -0.495 e. The second-order valence-electron chi connectivity index (χ2n) is 7.65. The topological polar surface area (TPSA) is 97.3 Å². The fourth-order valence-electron chi connectivity index (χ4n) is 4.00. The van der Waals surface area contributed by atoms with Crippen molar-refractivity contribution in [3.8, 4) is 34.1 Å². The van der Waals surface area contributed by atoms with E-state index in [9.17, 15) is 0 Å². The van der Waals surface area contributed by atoms with E-state index in [-0.39, 0.29) is 0 Å². The summed E-state index contributed by atoms with van der Waals surface area (Å²) in [6.07, 6.45) is 9.07. The average Bonchev–Trinajstić information content (AvgIpc) is 3.55. The third kappa shape index (κ3) is 2.92. The molecule has 5 aromatic heterocycles. The number of H-pyrrole nitrogens is 2. The van der Waals surface area contributed by atoms with Crippen molar-refractivity contribution < 1.29 is 4.74 Å². The highest BCUT2D eigenvalue weighted by molar-refractivity contribution is 5.98. The molecule has 0 aliphatic rings. The number of nitrogens with zero attached hydrogens (tertiary/aromatic N) is 5. The Bertz CT molecular complexity index is 1590. The Morgan fingerprint density at radius 3 is 2.72 bits per heavy atom. The molecule has 0 aliphatic carbocycles. The molecule has 0 radical (unpaired) electrons. The van der Waals surface area contributed by atoms with Crippen molar-refractivity contribution >= 4 is 21.8 Å². The van der Waals surface area contributed by atoms with Crippen LogP contribution in [-0.2, 0) is 0 Å². The van der Waals surface area contributed by atoms with Crippen molar-refractivity contribution in [2.75, 3.05) is 7.11 Å². The predicted molar refractivity (Wildman–Crippen MR) is 123 cm³/mol. The lowest BCUT2D eigenvalue weighted by Gasteiger charge is -2.04. The number of hydrogen-bond donors (Lipinski definition) is 2. The van der Waals surface area contributed by atoms with Crippen LogP contribution < -0.4 is 4.74 Å². The first-order valence-electron chi connectivity index (χ1n) is 10.2. The van der Waals surface area contributed by atoms with E-state index in [0.29, 0.717) is 0 Å². The predicted octanol–water partition coefficient (Wildman–Crippen LogP) is 4.67. The molecule has 0 amide bonds. The van der Waals surface area contributed by atoms with Gasteiger partial charge in [0.15, 0.2) is 0 Å². The maximum absolute atomic E-state index is 5.33. The van der Waals surface area contributed by atoms with Gasteiger partial charge in [-0.05, 0) is 42.8 Å². The zero-order valence-electron chi connectivity index (χ0n) is 17.5. The lowest BCUT2D eigenvalue weighted by molar-refractivity contribution is 0.413. The van der Waals surface area contributed by atoms with E-state index in [1.165, 1.54) is 0 Å². The minimum absolute atomic E-state index is 0.723. The highest BCUT2D eigenvalue weighted by Gasteiger charge is 2.15. The molecule has 0 atom stereocenters. The Morgan fingerprint density at radius 2 is 1.88 bits per heavy atom. The van der Waals surface area contributed by atoms with Gasteiger partial charge in [0.25, 0.3) is 0 Å². The van der Waals surface area contributed by atoms with Gasteiger partial charge in [0, 0.05) is 34.9 Å². The highest BCUT2D eigenvalue weighted by Crippen LogP contribution is 2.33. The minimum atomic E-state index is 0.723. The van der Waals surface area contributed by atoms with Gasteiger partial charge in [-0.15, -0.1) is 0 Å². The fourth-order valence-corrected chi connectivity index (χ4v) is 4.00. The van der Waals surface area contributed by atoms with Crippen molar-refractivity contribution in [2.45, 2.75) is 6.92 Å². The molecule has 0 saturated heterocycles. The van der Waals surface area contributed by atoms with E-state index in [2.05, 4.69) is 48.3 Å². The molecule has 2 N–H and O–H groups in total. The van der Waals surface area contributed by atoms with Crippen molar-refractivity contribution in [2.24, 2.45) is 0 Å². The fraction of sp³-hybridized carbons (Fsp3) is 0.0833. The molecule has 6 rings (SSSR count). The van der Waals surface area contributed by atoms with Gasteiger partial charge in [-0.1, -0.05) is 6.07 Å². The third-order valence-electron chi connectivity index (χ3n) is 5.58. The molecular weight excluding hydrogens is 402 g/mol. The quantitative estimate of drug-likeness (QED) is 0.431. The van der Waals surface area contributed by atoms with E-state index >= 15 is 0 Å². The Kier molecular flexibility index (Phi) is 4.04. The lowest BCUT2D eigenvalue weighted by Crippen LogP contribution is -1.94. The van der Waals surface area contributed by atoms with Crippen molar-refractivity contribution in [1.82, 2.24) is 34.7 Å². The van der Waals surface area contributed by atoms with Crippen molar-refractivity contribution in [3.05, 3.63) is 73.2 Å². The van der Waals surface area contributed by atoms with E-state index in [0.717, 1.165) is 61.6 Å². The maximum atomic E-state index is 5.33. The number of nitrogens with one attached hydrogen (secondary N) is 2. The molecule has 5 heterocycles. The van der Waals surface area contributed by atoms with Crippen LogP contribution >= 0.6 is 0 Å². The molecule has 0 unspecified atom stereocenters. The number of benzene rings is 1. The van der Waals surface area contributed by atoms with Gasteiger partial charge in [-0.25, -0.2) is 9.97 Å². The SMILES string of the molecule is COc1cncc(-c2ccc3[nH]nc(-c4cc5c(-n6cnc(C)c6)nccc5[nH]4)c3c2)c1. The molecule has 0 spiro atoms. The summed E-state index contributed by atoms with van der Waals surface area (Å²) in [5, 5.41) is 9.76. The van der Waals surface area contributed by atoms with Crippen LogP contribution in [0.4, 0.5) is 0 Å². The molecule has 32 heavy (non-hydrogen) atoms. The van der Waals surface area contributed by atoms with Crippen molar-refractivity contribution in [3.63, 3.8) is 0 Å². The van der Waals surface area contributed by atoms with E-state index in [1.807, 2.05) is 42.1 Å². The number of fused-ring (bicyclic) bond motifs is 2. The Hall–Kier alpha value is -4.46. The summed E-state index contributed by atoms with van der Waals surface area (Å²) in [5.74, 6) is 1.55. The number of aromatic amines is 2. The largest absolute Gasteiger partial charge is 0.495 e. The smallest absolute Gasteiger partial charge is 0.147 e. The number of methoxy groups -OCH3 is 1. The summed E-state index contributed by atoms with van der Waals surface area (Å²) in [4.78, 5) is 16.7. The van der Waals surface area contributed by atoms with Crippen LogP contribution in [0.2, 0.25) is 0 Å². The van der Waals surface area contributed by atoms with Gasteiger partial charge in [0.05, 0.1) is 35.7 Å². The molecule has 0 fully saturated rings. The Balaban J connectivity index is 1.49. The monoisotopic (exact) mass is 421 g/mol. The molecule has 0 aliphatic heterocycles. The van der Waals surface area contributed by atoms with E-state index in [4.69, 9.17) is 4.74 Å². The molecule has 0 bridgehead atoms. The average molecular weight is 421 g/mol. The zero-order chi connectivity index (χ0) is 21.7. The number of aromatic nitrogens is 7. The van der Waals surface area contributed by atoms with Crippen LogP contribution in [0.25, 0.3) is 50.1 Å². The summed E-state index contributed by atoms with van der Waals surface area (Å²) in [6.45, 7) is 1.96. The van der Waals surface area contributed by atoms with Gasteiger partial charge >= 0.3 is 0 Å². The summed E-state index contributed by atoms with van der Waals surface area (Å²) in [6, 6.07) is 12.2. The lowest BCUT2D eigenvalue weighted by atomic mass is 10.0. The number of ether oxygens (including phenoxy) is 1. The number of rotatable bonds is 4. The molecule has 8 nitrogen and oxygen atoms in total. The second kappa shape index (κ2) is 7.05. The Labute approximate surface area is 182 Å². The second-order valence-corrected chi connectivity index (χ2v) is 7.65. The summed E-state index contributed by atoms with van der Waals surface area (Å²) in [5.41, 5.74) is 6.68. The van der Waals surface area contributed by atoms with Crippen molar-refractivity contribution in [1.29, 1.82) is 0 Å². The molecule has 6 aromatic rings. The first-order valence-corrected chi connectivity index (χ1v) is 10.2. The van der Waals surface area contributed by atoms with Gasteiger partial charge in [0.2, 0.25) is 0 Å². The maximum Gasteiger partial charge on any atom is 0.147 e. The van der Waals surface area contributed by atoms with Gasteiger partial charge in [-0.3, -0.25) is 14.6 Å². The highest BCUT2D eigenvalue weighted by atomic mass is 16.5. The zero-order valence-corrected chi connectivity index (χ0v) is 17.5. The van der Waals surface area contributed by atoms with Crippen LogP contribution in [0.3, 0.4) is 0 Å². The molecular formula is C24H19N7O. The van der Waals surface area contributed by atoms with Crippen LogP contribution in [0.5, 0.6) is 5.75 Å².